The molecule has 0 saturated carbocycles. The minimum absolute atomic E-state index is 0.148. The van der Waals surface area contributed by atoms with Crippen LogP contribution in [0.15, 0.2) is 48.5 Å². The van der Waals surface area contributed by atoms with Crippen molar-refractivity contribution < 1.29 is 4.39 Å². The third-order valence-electron chi connectivity index (χ3n) is 3.08. The molecular formula is C16H19FN2. The molecule has 0 aromatic heterocycles. The fourth-order valence-corrected chi connectivity index (χ4v) is 2.14. The van der Waals surface area contributed by atoms with Gasteiger partial charge in [-0.3, -0.25) is 4.90 Å². The first kappa shape index (κ1) is 13.7. The Bertz CT molecular complexity index is 540. The van der Waals surface area contributed by atoms with Crippen molar-refractivity contribution in [2.45, 2.75) is 19.6 Å². The summed E-state index contributed by atoms with van der Waals surface area (Å²) in [5.41, 5.74) is 8.67. The Hall–Kier alpha value is -1.71. The molecule has 0 heterocycles. The van der Waals surface area contributed by atoms with Gasteiger partial charge in [0.2, 0.25) is 0 Å². The molecule has 19 heavy (non-hydrogen) atoms. The van der Waals surface area contributed by atoms with Crippen molar-refractivity contribution in [2.75, 3.05) is 7.05 Å². The van der Waals surface area contributed by atoms with Gasteiger partial charge < -0.3 is 5.73 Å². The van der Waals surface area contributed by atoms with Gasteiger partial charge in [0.05, 0.1) is 0 Å². The van der Waals surface area contributed by atoms with Gasteiger partial charge in [-0.1, -0.05) is 42.5 Å². The fourth-order valence-electron chi connectivity index (χ4n) is 2.14. The second-order valence-corrected chi connectivity index (χ2v) is 4.79. The van der Waals surface area contributed by atoms with Crippen LogP contribution in [0, 0.1) is 5.82 Å². The molecule has 0 amide bonds. The van der Waals surface area contributed by atoms with Crippen LogP contribution in [0.4, 0.5) is 4.39 Å². The average molecular weight is 258 g/mol. The molecule has 2 N–H and O–H groups in total. The van der Waals surface area contributed by atoms with E-state index in [2.05, 4.69) is 17.0 Å². The lowest BCUT2D eigenvalue weighted by molar-refractivity contribution is 0.313. The van der Waals surface area contributed by atoms with Crippen LogP contribution in [0.5, 0.6) is 0 Å². The van der Waals surface area contributed by atoms with Crippen molar-refractivity contribution in [3.63, 3.8) is 0 Å². The summed E-state index contributed by atoms with van der Waals surface area (Å²) >= 11 is 0. The van der Waals surface area contributed by atoms with Crippen LogP contribution in [0.2, 0.25) is 0 Å². The third-order valence-corrected chi connectivity index (χ3v) is 3.08. The van der Waals surface area contributed by atoms with Gasteiger partial charge >= 0.3 is 0 Å². The molecule has 3 heteroatoms. The molecule has 0 spiro atoms. The van der Waals surface area contributed by atoms with E-state index in [1.165, 1.54) is 11.6 Å². The van der Waals surface area contributed by atoms with Gasteiger partial charge in [-0.2, -0.15) is 0 Å². The highest BCUT2D eigenvalue weighted by Gasteiger charge is 2.06. The monoisotopic (exact) mass is 258 g/mol. The number of hydrogen-bond donors (Lipinski definition) is 1. The molecule has 0 aliphatic rings. The molecule has 2 rings (SSSR count). The zero-order valence-electron chi connectivity index (χ0n) is 11.1. The number of rotatable bonds is 5. The van der Waals surface area contributed by atoms with Crippen molar-refractivity contribution in [1.29, 1.82) is 0 Å². The van der Waals surface area contributed by atoms with Gasteiger partial charge in [-0.05, 0) is 24.2 Å². The van der Waals surface area contributed by atoms with E-state index in [0.29, 0.717) is 13.1 Å². The summed E-state index contributed by atoms with van der Waals surface area (Å²) in [5, 5.41) is 0. The van der Waals surface area contributed by atoms with Crippen LogP contribution in [-0.4, -0.2) is 11.9 Å². The average Bonchev–Trinajstić information content (AvgIpc) is 2.41. The largest absolute Gasteiger partial charge is 0.326 e. The van der Waals surface area contributed by atoms with Crippen molar-refractivity contribution in [1.82, 2.24) is 4.90 Å². The van der Waals surface area contributed by atoms with E-state index in [-0.39, 0.29) is 5.82 Å². The van der Waals surface area contributed by atoms with Crippen LogP contribution >= 0.6 is 0 Å². The molecule has 100 valence electrons. The maximum atomic E-state index is 13.6. The molecule has 2 aromatic carbocycles. The molecule has 0 aliphatic heterocycles. The highest BCUT2D eigenvalue weighted by Crippen LogP contribution is 2.12. The number of hydrogen-bond acceptors (Lipinski definition) is 2. The van der Waals surface area contributed by atoms with Gasteiger partial charge in [0, 0.05) is 25.2 Å². The van der Waals surface area contributed by atoms with Crippen molar-refractivity contribution in [3.05, 3.63) is 71.0 Å². The Balaban J connectivity index is 2.01. The second kappa shape index (κ2) is 6.45. The molecule has 0 bridgehead atoms. The lowest BCUT2D eigenvalue weighted by atomic mass is 10.1. The SMILES string of the molecule is CN(Cc1cccc(CN)c1)Cc1ccccc1F. The van der Waals surface area contributed by atoms with Gasteiger partial charge in [-0.15, -0.1) is 0 Å². The highest BCUT2D eigenvalue weighted by atomic mass is 19.1. The number of benzene rings is 2. The smallest absolute Gasteiger partial charge is 0.127 e. The third kappa shape index (κ3) is 3.88. The van der Waals surface area contributed by atoms with Gasteiger partial charge in [-0.25, -0.2) is 4.39 Å². The van der Waals surface area contributed by atoms with E-state index >= 15 is 0 Å². The van der Waals surface area contributed by atoms with Gasteiger partial charge in [0.1, 0.15) is 5.82 Å². The van der Waals surface area contributed by atoms with E-state index < -0.39 is 0 Å². The van der Waals surface area contributed by atoms with Crippen molar-refractivity contribution in [2.24, 2.45) is 5.73 Å². The second-order valence-electron chi connectivity index (χ2n) is 4.79. The topological polar surface area (TPSA) is 29.3 Å². The molecule has 2 nitrogen and oxygen atoms in total. The molecule has 2 aromatic rings. The quantitative estimate of drug-likeness (QED) is 0.893. The summed E-state index contributed by atoms with van der Waals surface area (Å²) in [6.07, 6.45) is 0. The number of nitrogens with zero attached hydrogens (tertiary/aromatic N) is 1. The van der Waals surface area contributed by atoms with Gasteiger partial charge in [0.15, 0.2) is 0 Å². The maximum Gasteiger partial charge on any atom is 0.127 e. The van der Waals surface area contributed by atoms with E-state index in [9.17, 15) is 4.39 Å². The van der Waals surface area contributed by atoms with Gasteiger partial charge in [0.25, 0.3) is 0 Å². The predicted molar refractivity (Wildman–Crippen MR) is 75.9 cm³/mol. The lowest BCUT2D eigenvalue weighted by Gasteiger charge is -2.17. The van der Waals surface area contributed by atoms with E-state index in [1.54, 1.807) is 6.07 Å². The summed E-state index contributed by atoms with van der Waals surface area (Å²) in [5.74, 6) is -0.148. The normalized spacial score (nSPS) is 10.9. The number of halogens is 1. The Morgan fingerprint density at radius 3 is 2.47 bits per heavy atom. The zero-order chi connectivity index (χ0) is 13.7. The first-order valence-corrected chi connectivity index (χ1v) is 6.39. The summed E-state index contributed by atoms with van der Waals surface area (Å²) in [7, 11) is 1.99. The van der Waals surface area contributed by atoms with Crippen LogP contribution in [-0.2, 0) is 19.6 Å². The van der Waals surface area contributed by atoms with Crippen LogP contribution in [0.25, 0.3) is 0 Å². The molecule has 0 aliphatic carbocycles. The van der Waals surface area contributed by atoms with Crippen molar-refractivity contribution in [3.8, 4) is 0 Å². The summed E-state index contributed by atoms with van der Waals surface area (Å²) in [6.45, 7) is 1.92. The maximum absolute atomic E-state index is 13.6. The Morgan fingerprint density at radius 2 is 1.74 bits per heavy atom. The van der Waals surface area contributed by atoms with Crippen molar-refractivity contribution >= 4 is 0 Å². The fraction of sp³-hybridized carbons (Fsp3) is 0.250. The van der Waals surface area contributed by atoms with Crippen LogP contribution < -0.4 is 5.73 Å². The Morgan fingerprint density at radius 1 is 1.00 bits per heavy atom. The van der Waals surface area contributed by atoms with Crippen LogP contribution in [0.3, 0.4) is 0 Å². The molecule has 0 radical (unpaired) electrons. The summed E-state index contributed by atoms with van der Waals surface area (Å²) in [4.78, 5) is 2.09. The summed E-state index contributed by atoms with van der Waals surface area (Å²) in [6, 6.07) is 15.1. The molecule has 0 unspecified atom stereocenters. The Labute approximate surface area is 113 Å². The highest BCUT2D eigenvalue weighted by molar-refractivity contribution is 5.23. The Kier molecular flexibility index (Phi) is 4.66. The number of nitrogens with two attached hydrogens (primary N) is 1. The first-order valence-electron chi connectivity index (χ1n) is 6.39. The predicted octanol–water partition coefficient (Wildman–Crippen LogP) is 2.92. The van der Waals surface area contributed by atoms with E-state index in [1.807, 2.05) is 31.3 Å². The van der Waals surface area contributed by atoms with E-state index in [0.717, 1.165) is 17.7 Å². The zero-order valence-corrected chi connectivity index (χ0v) is 11.1. The lowest BCUT2D eigenvalue weighted by Crippen LogP contribution is -2.18. The minimum Gasteiger partial charge on any atom is -0.326 e. The summed E-state index contributed by atoms with van der Waals surface area (Å²) < 4.78 is 13.6. The van der Waals surface area contributed by atoms with Crippen LogP contribution in [0.1, 0.15) is 16.7 Å². The molecule has 0 saturated heterocycles. The standard InChI is InChI=1S/C16H19FN2/c1-19(12-15-7-2-3-8-16(15)17)11-14-6-4-5-13(9-14)10-18/h2-9H,10-12,18H2,1H3. The molecule has 0 fully saturated rings. The minimum atomic E-state index is -0.148. The first-order chi connectivity index (χ1) is 9.19. The molecule has 0 atom stereocenters. The molecular weight excluding hydrogens is 239 g/mol. The van der Waals surface area contributed by atoms with E-state index in [4.69, 9.17) is 5.73 Å².